The highest BCUT2D eigenvalue weighted by Gasteiger charge is 2.10. The fourth-order valence-electron chi connectivity index (χ4n) is 0.915. The molecule has 5 nitrogen and oxygen atoms in total. The molecule has 0 aromatic carbocycles. The maximum Gasteiger partial charge on any atom is 0.185 e. The lowest BCUT2D eigenvalue weighted by Crippen LogP contribution is -2.42. The lowest BCUT2D eigenvalue weighted by atomic mass is 10.1. The van der Waals surface area contributed by atoms with Crippen molar-refractivity contribution in [1.29, 1.82) is 0 Å². The van der Waals surface area contributed by atoms with E-state index in [1.165, 1.54) is 0 Å². The van der Waals surface area contributed by atoms with Gasteiger partial charge in [-0.3, -0.25) is 4.99 Å². The molecule has 0 saturated carbocycles. The summed E-state index contributed by atoms with van der Waals surface area (Å²) in [5, 5.41) is 2.95. The summed E-state index contributed by atoms with van der Waals surface area (Å²) in [5.41, 5.74) is 11.6. The van der Waals surface area contributed by atoms with E-state index in [2.05, 4.69) is 15.3 Å². The maximum absolute atomic E-state index is 5.40. The van der Waals surface area contributed by atoms with Crippen molar-refractivity contribution in [1.82, 2.24) is 5.32 Å². The van der Waals surface area contributed by atoms with Gasteiger partial charge in [-0.25, -0.2) is 4.99 Å². The van der Waals surface area contributed by atoms with Gasteiger partial charge in [0, 0.05) is 6.54 Å². The molecule has 0 aromatic heterocycles. The summed E-state index contributed by atoms with van der Waals surface area (Å²) in [6.45, 7) is 0.839. The van der Waals surface area contributed by atoms with E-state index in [9.17, 15) is 0 Å². The van der Waals surface area contributed by atoms with E-state index >= 15 is 0 Å². The van der Waals surface area contributed by atoms with E-state index in [0.717, 1.165) is 11.6 Å². The number of nitrogens with two attached hydrogens (primary N) is 2. The Balaban J connectivity index is 2.66. The number of nitrogens with one attached hydrogen (secondary N) is 1. The van der Waals surface area contributed by atoms with Crippen molar-refractivity contribution in [3.8, 4) is 0 Å². The van der Waals surface area contributed by atoms with Crippen LogP contribution in [0.15, 0.2) is 9.98 Å². The first-order chi connectivity index (χ1) is 5.26. The fourth-order valence-corrected chi connectivity index (χ4v) is 0.915. The molecule has 0 amide bonds. The number of rotatable bonds is 2. The molecule has 1 aliphatic rings. The van der Waals surface area contributed by atoms with Crippen LogP contribution in [0.2, 0.25) is 0 Å². The van der Waals surface area contributed by atoms with Crippen molar-refractivity contribution in [3.63, 3.8) is 0 Å². The summed E-state index contributed by atoms with van der Waals surface area (Å²) in [7, 11) is 1.87. The monoisotopic (exact) mass is 153 g/mol. The molecule has 60 valence electrons. The molecule has 0 bridgehead atoms. The number of hydrogen-bond donors (Lipinski definition) is 3. The second-order valence-corrected chi connectivity index (χ2v) is 2.34. The van der Waals surface area contributed by atoms with E-state index in [-0.39, 0.29) is 6.17 Å². The average molecular weight is 153 g/mol. The van der Waals surface area contributed by atoms with Gasteiger partial charge in [0.25, 0.3) is 0 Å². The molecule has 0 radical (unpaired) electrons. The van der Waals surface area contributed by atoms with Crippen LogP contribution >= 0.6 is 0 Å². The summed E-state index contributed by atoms with van der Waals surface area (Å²) in [6, 6.07) is 0. The fraction of sp³-hybridized carbons (Fsp3) is 0.600. The molecule has 1 unspecified atom stereocenters. The molecule has 0 aliphatic carbocycles. The van der Waals surface area contributed by atoms with E-state index in [1.807, 2.05) is 7.85 Å². The van der Waals surface area contributed by atoms with E-state index in [0.29, 0.717) is 13.1 Å². The quantitative estimate of drug-likeness (QED) is 0.375. The minimum Gasteiger partial charge on any atom is -0.340 e. The van der Waals surface area contributed by atoms with Crippen molar-refractivity contribution >= 4 is 19.4 Å². The zero-order valence-electron chi connectivity index (χ0n) is 6.54. The number of hydrogen-bond acceptors (Lipinski definition) is 5. The van der Waals surface area contributed by atoms with Gasteiger partial charge in [-0.2, -0.15) is 0 Å². The van der Waals surface area contributed by atoms with Crippen LogP contribution in [-0.2, 0) is 0 Å². The Labute approximate surface area is 66.4 Å². The minimum absolute atomic E-state index is 0.144. The van der Waals surface area contributed by atoms with Crippen LogP contribution in [0, 0.1) is 0 Å². The molecular formula is C5H12BN5. The van der Waals surface area contributed by atoms with Gasteiger partial charge in [-0.15, -0.1) is 0 Å². The topological polar surface area (TPSA) is 88.8 Å². The molecule has 1 rings (SSSR count). The lowest BCUT2D eigenvalue weighted by molar-refractivity contribution is 0.706. The molecule has 1 atom stereocenters. The van der Waals surface area contributed by atoms with Crippen LogP contribution in [0.3, 0.4) is 0 Å². The molecule has 1 aliphatic heterocycles. The van der Waals surface area contributed by atoms with E-state index in [1.54, 1.807) is 0 Å². The van der Waals surface area contributed by atoms with Gasteiger partial charge in [-0.05, 0) is 0 Å². The molecule has 0 aromatic rings. The number of nitrogens with zero attached hydrogens (tertiary/aromatic N) is 2. The molecule has 1 heterocycles. The van der Waals surface area contributed by atoms with Gasteiger partial charge < -0.3 is 16.8 Å². The Morgan fingerprint density at radius 2 is 2.18 bits per heavy atom. The zero-order chi connectivity index (χ0) is 8.27. The van der Waals surface area contributed by atoms with Gasteiger partial charge in [0.05, 0.1) is 12.3 Å². The standard InChI is InChI=1S/C5H12BN5/c6-5-10-3(1-7)9-4(2-8)11-5/h3H,1-2,6-8H2,(H,9,10,11). The highest BCUT2D eigenvalue weighted by molar-refractivity contribution is 6.60. The van der Waals surface area contributed by atoms with E-state index < -0.39 is 0 Å². The highest BCUT2D eigenvalue weighted by atomic mass is 15.2. The van der Waals surface area contributed by atoms with Crippen LogP contribution in [0.5, 0.6) is 0 Å². The smallest absolute Gasteiger partial charge is 0.185 e. The summed E-state index contributed by atoms with van der Waals surface area (Å²) < 4.78 is 0. The first kappa shape index (κ1) is 8.22. The minimum atomic E-state index is -0.144. The summed E-state index contributed by atoms with van der Waals surface area (Å²) in [5.74, 6) is 0.757. The SMILES string of the molecule is BC1=NC(CN)N=C(CN)N1. The third-order valence-corrected chi connectivity index (χ3v) is 1.38. The van der Waals surface area contributed by atoms with Crippen LogP contribution in [-0.4, -0.2) is 38.7 Å². The van der Waals surface area contributed by atoms with Gasteiger partial charge in [0.15, 0.2) is 14.0 Å². The van der Waals surface area contributed by atoms with Crippen molar-refractivity contribution in [2.24, 2.45) is 21.5 Å². The number of aliphatic imine (C=N–C) groups is 2. The van der Waals surface area contributed by atoms with Gasteiger partial charge in [-0.1, -0.05) is 0 Å². The zero-order valence-corrected chi connectivity index (χ0v) is 6.54. The van der Waals surface area contributed by atoms with Crippen molar-refractivity contribution in [2.45, 2.75) is 6.17 Å². The summed E-state index contributed by atoms with van der Waals surface area (Å²) in [4.78, 5) is 8.27. The van der Waals surface area contributed by atoms with Gasteiger partial charge in [0.1, 0.15) is 5.84 Å². The van der Waals surface area contributed by atoms with Crippen LogP contribution in [0.25, 0.3) is 0 Å². The molecular weight excluding hydrogens is 141 g/mol. The molecule has 0 saturated heterocycles. The third-order valence-electron chi connectivity index (χ3n) is 1.38. The molecule has 0 spiro atoms. The largest absolute Gasteiger partial charge is 0.340 e. The Bertz CT molecular complexity index is 199. The molecule has 5 N–H and O–H groups in total. The van der Waals surface area contributed by atoms with Crippen LogP contribution in [0.4, 0.5) is 0 Å². The average Bonchev–Trinajstić information content (AvgIpc) is 2.03. The Kier molecular flexibility index (Phi) is 2.61. The first-order valence-corrected chi connectivity index (χ1v) is 3.54. The first-order valence-electron chi connectivity index (χ1n) is 3.54. The van der Waals surface area contributed by atoms with Crippen molar-refractivity contribution < 1.29 is 0 Å². The number of amidine groups is 2. The van der Waals surface area contributed by atoms with Gasteiger partial charge >= 0.3 is 0 Å². The Hall–Kier alpha value is -0.875. The normalized spacial score (nSPS) is 23.6. The maximum atomic E-state index is 5.40. The van der Waals surface area contributed by atoms with Gasteiger partial charge in [0.2, 0.25) is 0 Å². The predicted octanol–water partition coefficient (Wildman–Crippen LogP) is -2.78. The summed E-state index contributed by atoms with van der Waals surface area (Å²) in [6.07, 6.45) is -0.144. The highest BCUT2D eigenvalue weighted by Crippen LogP contribution is 1.95. The Morgan fingerprint density at radius 3 is 2.73 bits per heavy atom. The second-order valence-electron chi connectivity index (χ2n) is 2.34. The van der Waals surface area contributed by atoms with Crippen molar-refractivity contribution in [2.75, 3.05) is 13.1 Å². The third kappa shape index (κ3) is 2.02. The van der Waals surface area contributed by atoms with Crippen LogP contribution in [0.1, 0.15) is 0 Å². The molecule has 11 heavy (non-hydrogen) atoms. The van der Waals surface area contributed by atoms with E-state index in [4.69, 9.17) is 11.5 Å². The predicted molar refractivity (Wildman–Crippen MR) is 48.4 cm³/mol. The Morgan fingerprint density at radius 1 is 1.45 bits per heavy atom. The molecule has 0 fully saturated rings. The molecule has 6 heteroatoms. The lowest BCUT2D eigenvalue weighted by Gasteiger charge is -2.17. The van der Waals surface area contributed by atoms with Crippen molar-refractivity contribution in [3.05, 3.63) is 0 Å². The second kappa shape index (κ2) is 3.50. The van der Waals surface area contributed by atoms with Crippen LogP contribution < -0.4 is 16.8 Å². The summed E-state index contributed by atoms with van der Waals surface area (Å²) >= 11 is 0.